The highest BCUT2D eigenvalue weighted by molar-refractivity contribution is 5.62. The highest BCUT2D eigenvalue weighted by Crippen LogP contribution is 2.25. The largest absolute Gasteiger partial charge is 0.491 e. The van der Waals surface area contributed by atoms with Crippen LogP contribution in [0.2, 0.25) is 0 Å². The van der Waals surface area contributed by atoms with Crippen LogP contribution in [0, 0.1) is 0 Å². The third-order valence-electron chi connectivity index (χ3n) is 6.07. The van der Waals surface area contributed by atoms with Crippen molar-refractivity contribution in [1.29, 1.82) is 0 Å². The van der Waals surface area contributed by atoms with Crippen LogP contribution in [0.3, 0.4) is 0 Å². The lowest BCUT2D eigenvalue weighted by molar-refractivity contribution is 0.0377. The van der Waals surface area contributed by atoms with Crippen LogP contribution >= 0.6 is 0 Å². The number of nitrogens with one attached hydrogen (secondary N) is 1. The average Bonchev–Trinajstić information content (AvgIpc) is 2.92. The number of hydrogen-bond donors (Lipinski definition) is 2. The first-order valence-corrected chi connectivity index (χ1v) is 12.9. The lowest BCUT2D eigenvalue weighted by Gasteiger charge is -2.29. The Morgan fingerprint density at radius 2 is 1.81 bits per heavy atom. The SMILES string of the molecule is CN(C)CC(O)COc1ccc(Nc2nccc(N(CCCN3CCOCC3)c3ccccc3)n2)cc1. The van der Waals surface area contributed by atoms with Crippen LogP contribution in [0.15, 0.2) is 66.9 Å². The number of likely N-dealkylation sites (N-methyl/N-ethyl adjacent to an activating group) is 1. The maximum atomic E-state index is 10.00. The molecule has 0 bridgehead atoms. The van der Waals surface area contributed by atoms with Gasteiger partial charge in [-0.1, -0.05) is 18.2 Å². The molecule has 1 aromatic heterocycles. The third kappa shape index (κ3) is 8.68. The Labute approximate surface area is 219 Å². The van der Waals surface area contributed by atoms with Gasteiger partial charge in [-0.15, -0.1) is 0 Å². The number of rotatable bonds is 13. The van der Waals surface area contributed by atoms with Crippen molar-refractivity contribution in [3.05, 3.63) is 66.9 Å². The van der Waals surface area contributed by atoms with E-state index in [4.69, 9.17) is 14.5 Å². The van der Waals surface area contributed by atoms with Crippen molar-refractivity contribution < 1.29 is 14.6 Å². The summed E-state index contributed by atoms with van der Waals surface area (Å²) >= 11 is 0. The van der Waals surface area contributed by atoms with Gasteiger partial charge in [-0.05, 0) is 63.0 Å². The number of aliphatic hydroxyl groups is 1. The fraction of sp³-hybridized carbons (Fsp3) is 0.429. The average molecular weight is 507 g/mol. The van der Waals surface area contributed by atoms with E-state index in [0.717, 1.165) is 63.0 Å². The fourth-order valence-electron chi connectivity index (χ4n) is 4.25. The summed E-state index contributed by atoms with van der Waals surface area (Å²) in [6, 6.07) is 19.9. The van der Waals surface area contributed by atoms with Gasteiger partial charge in [-0.3, -0.25) is 4.90 Å². The minimum absolute atomic E-state index is 0.247. The second-order valence-electron chi connectivity index (χ2n) is 9.41. The number of benzene rings is 2. The van der Waals surface area contributed by atoms with E-state index in [-0.39, 0.29) is 6.61 Å². The van der Waals surface area contributed by atoms with Crippen LogP contribution in [0.1, 0.15) is 6.42 Å². The molecule has 1 atom stereocenters. The topological polar surface area (TPSA) is 86.2 Å². The van der Waals surface area contributed by atoms with Crippen molar-refractivity contribution in [3.63, 3.8) is 0 Å². The lowest BCUT2D eigenvalue weighted by atomic mass is 10.2. The third-order valence-corrected chi connectivity index (χ3v) is 6.07. The molecule has 1 unspecified atom stereocenters. The predicted molar refractivity (Wildman–Crippen MR) is 147 cm³/mol. The highest BCUT2D eigenvalue weighted by Gasteiger charge is 2.15. The molecule has 198 valence electrons. The maximum Gasteiger partial charge on any atom is 0.229 e. The summed E-state index contributed by atoms with van der Waals surface area (Å²) in [7, 11) is 3.84. The van der Waals surface area contributed by atoms with Crippen LogP contribution in [0.4, 0.5) is 23.1 Å². The van der Waals surface area contributed by atoms with Crippen LogP contribution in [-0.2, 0) is 4.74 Å². The molecule has 0 amide bonds. The summed E-state index contributed by atoms with van der Waals surface area (Å²) < 4.78 is 11.2. The smallest absolute Gasteiger partial charge is 0.229 e. The second kappa shape index (κ2) is 13.9. The monoisotopic (exact) mass is 506 g/mol. The molecule has 1 fully saturated rings. The fourth-order valence-corrected chi connectivity index (χ4v) is 4.25. The van der Waals surface area contributed by atoms with E-state index < -0.39 is 6.10 Å². The summed E-state index contributed by atoms with van der Waals surface area (Å²) in [5.74, 6) is 2.08. The van der Waals surface area contributed by atoms with E-state index in [2.05, 4.69) is 32.2 Å². The molecule has 9 nitrogen and oxygen atoms in total. The molecule has 2 N–H and O–H groups in total. The first-order chi connectivity index (χ1) is 18.1. The summed E-state index contributed by atoms with van der Waals surface area (Å²) in [4.78, 5) is 15.9. The molecule has 2 aromatic carbocycles. The number of morpholine rings is 1. The van der Waals surface area contributed by atoms with E-state index >= 15 is 0 Å². The second-order valence-corrected chi connectivity index (χ2v) is 9.41. The van der Waals surface area contributed by atoms with E-state index in [9.17, 15) is 5.11 Å². The first-order valence-electron chi connectivity index (χ1n) is 12.9. The van der Waals surface area contributed by atoms with Gasteiger partial charge in [0.15, 0.2) is 0 Å². The number of aliphatic hydroxyl groups excluding tert-OH is 1. The van der Waals surface area contributed by atoms with E-state index in [1.54, 1.807) is 6.20 Å². The van der Waals surface area contributed by atoms with Crippen molar-refractivity contribution in [3.8, 4) is 5.75 Å². The molecule has 0 radical (unpaired) electrons. The highest BCUT2D eigenvalue weighted by atomic mass is 16.5. The van der Waals surface area contributed by atoms with Crippen molar-refractivity contribution in [2.24, 2.45) is 0 Å². The maximum absolute atomic E-state index is 10.00. The molecular formula is C28H38N6O3. The van der Waals surface area contributed by atoms with Crippen molar-refractivity contribution in [2.75, 3.05) is 76.9 Å². The molecule has 2 heterocycles. The number of anilines is 4. The van der Waals surface area contributed by atoms with E-state index in [1.165, 1.54) is 0 Å². The van der Waals surface area contributed by atoms with E-state index in [1.807, 2.05) is 67.5 Å². The molecule has 9 heteroatoms. The number of hydrogen-bond acceptors (Lipinski definition) is 9. The summed E-state index contributed by atoms with van der Waals surface area (Å²) in [5, 5.41) is 13.3. The summed E-state index contributed by atoms with van der Waals surface area (Å²) in [6.45, 7) is 6.30. The van der Waals surface area contributed by atoms with Gasteiger partial charge >= 0.3 is 0 Å². The molecule has 1 aliphatic heterocycles. The standard InChI is InChI=1S/C28H38N6O3/c1-32(2)21-25(35)22-37-26-11-9-23(10-12-26)30-28-29-14-13-27(31-28)34(24-7-4-3-5-8-24)16-6-15-33-17-19-36-20-18-33/h3-5,7-14,25,35H,6,15-22H2,1-2H3,(H,29,30,31). The first kappa shape index (κ1) is 26.8. The zero-order valence-corrected chi connectivity index (χ0v) is 21.8. The van der Waals surface area contributed by atoms with Gasteiger partial charge in [0.05, 0.1) is 13.2 Å². The molecule has 1 aliphatic rings. The summed E-state index contributed by atoms with van der Waals surface area (Å²) in [6.07, 6.45) is 2.27. The molecule has 0 spiro atoms. The number of para-hydroxylation sites is 1. The Balaban J connectivity index is 1.38. The van der Waals surface area contributed by atoms with Gasteiger partial charge in [-0.2, -0.15) is 4.98 Å². The molecule has 0 aliphatic carbocycles. The van der Waals surface area contributed by atoms with Crippen molar-refractivity contribution >= 4 is 23.1 Å². The molecular weight excluding hydrogens is 468 g/mol. The Morgan fingerprint density at radius 1 is 1.05 bits per heavy atom. The predicted octanol–water partition coefficient (Wildman–Crippen LogP) is 3.38. The number of aromatic nitrogens is 2. The molecule has 1 saturated heterocycles. The minimum atomic E-state index is -0.537. The molecule has 37 heavy (non-hydrogen) atoms. The quantitative estimate of drug-likeness (QED) is 0.362. The Bertz CT molecular complexity index is 1060. The normalized spacial score (nSPS) is 14.9. The van der Waals surface area contributed by atoms with Crippen molar-refractivity contribution in [1.82, 2.24) is 19.8 Å². The van der Waals surface area contributed by atoms with Gasteiger partial charge < -0.3 is 29.7 Å². The Hall–Kier alpha value is -3.24. The summed E-state index contributed by atoms with van der Waals surface area (Å²) in [5.41, 5.74) is 1.96. The zero-order chi connectivity index (χ0) is 25.9. The van der Waals surface area contributed by atoms with Crippen LogP contribution in [-0.4, -0.2) is 97.6 Å². The van der Waals surface area contributed by atoms with Gasteiger partial charge in [0.1, 0.15) is 24.3 Å². The number of ether oxygens (including phenoxy) is 2. The van der Waals surface area contributed by atoms with Gasteiger partial charge in [0.25, 0.3) is 0 Å². The van der Waals surface area contributed by atoms with Gasteiger partial charge in [-0.25, -0.2) is 4.98 Å². The van der Waals surface area contributed by atoms with Crippen LogP contribution in [0.5, 0.6) is 5.75 Å². The van der Waals surface area contributed by atoms with Gasteiger partial charge in [0.2, 0.25) is 5.95 Å². The number of nitrogens with zero attached hydrogens (tertiary/aromatic N) is 5. The van der Waals surface area contributed by atoms with Crippen molar-refractivity contribution in [2.45, 2.75) is 12.5 Å². The molecule has 4 rings (SSSR count). The lowest BCUT2D eigenvalue weighted by Crippen LogP contribution is -2.37. The zero-order valence-electron chi connectivity index (χ0n) is 21.8. The van der Waals surface area contributed by atoms with E-state index in [0.29, 0.717) is 18.2 Å². The van der Waals surface area contributed by atoms with Gasteiger partial charge in [0, 0.05) is 50.3 Å². The minimum Gasteiger partial charge on any atom is -0.491 e. The Kier molecular flexibility index (Phi) is 10.1. The van der Waals surface area contributed by atoms with Crippen LogP contribution in [0.25, 0.3) is 0 Å². The van der Waals surface area contributed by atoms with Crippen LogP contribution < -0.4 is 15.0 Å². The Morgan fingerprint density at radius 3 is 2.54 bits per heavy atom. The molecule has 0 saturated carbocycles. The molecule has 3 aromatic rings.